The van der Waals surface area contributed by atoms with E-state index in [1.807, 2.05) is 25.1 Å². The first kappa shape index (κ1) is 10.0. The maximum absolute atomic E-state index is 7.36. The first-order chi connectivity index (χ1) is 7.16. The Hall–Kier alpha value is -1.51. The van der Waals surface area contributed by atoms with E-state index in [9.17, 15) is 0 Å². The summed E-state index contributed by atoms with van der Waals surface area (Å²) >= 11 is 0. The van der Waals surface area contributed by atoms with E-state index in [1.54, 1.807) is 0 Å². The second kappa shape index (κ2) is 3.93. The van der Waals surface area contributed by atoms with Gasteiger partial charge in [0.05, 0.1) is 6.61 Å². The molecule has 0 radical (unpaired) electrons. The molecule has 0 spiro atoms. The Morgan fingerprint density at radius 2 is 2.27 bits per heavy atom. The van der Waals surface area contributed by atoms with Crippen LogP contribution in [-0.2, 0) is 0 Å². The molecule has 0 amide bonds. The van der Waals surface area contributed by atoms with Crippen molar-refractivity contribution in [3.63, 3.8) is 0 Å². The predicted octanol–water partition coefficient (Wildman–Crippen LogP) is 2.07. The van der Waals surface area contributed by atoms with Gasteiger partial charge >= 0.3 is 0 Å². The third-order valence-corrected chi connectivity index (χ3v) is 2.67. The number of nitrogens with one attached hydrogen (secondary N) is 1. The third-order valence-electron chi connectivity index (χ3n) is 2.67. The molecule has 0 aromatic heterocycles. The summed E-state index contributed by atoms with van der Waals surface area (Å²) < 4.78 is 5.63. The molecule has 0 atom stereocenters. The zero-order valence-corrected chi connectivity index (χ0v) is 8.92. The summed E-state index contributed by atoms with van der Waals surface area (Å²) in [5, 5.41) is 7.36. The summed E-state index contributed by atoms with van der Waals surface area (Å²) in [6.07, 6.45) is 2.59. The molecule has 1 saturated carbocycles. The molecule has 2 rings (SSSR count). The lowest BCUT2D eigenvalue weighted by Crippen LogP contribution is -2.12. The van der Waals surface area contributed by atoms with Crippen molar-refractivity contribution in [2.24, 2.45) is 11.7 Å². The number of hydrogen-bond acceptors (Lipinski definition) is 2. The van der Waals surface area contributed by atoms with Crippen LogP contribution in [0.2, 0.25) is 0 Å². The van der Waals surface area contributed by atoms with Crippen LogP contribution in [-0.4, -0.2) is 12.4 Å². The summed E-state index contributed by atoms with van der Waals surface area (Å²) in [5.41, 5.74) is 7.22. The molecule has 0 bridgehead atoms. The van der Waals surface area contributed by atoms with E-state index in [0.29, 0.717) is 0 Å². The number of aryl methyl sites for hydroxylation is 1. The van der Waals surface area contributed by atoms with Crippen molar-refractivity contribution in [1.82, 2.24) is 0 Å². The largest absolute Gasteiger partial charge is 0.493 e. The van der Waals surface area contributed by atoms with Gasteiger partial charge in [-0.15, -0.1) is 0 Å². The van der Waals surface area contributed by atoms with E-state index in [1.165, 1.54) is 12.8 Å². The van der Waals surface area contributed by atoms with Crippen LogP contribution in [0.15, 0.2) is 18.2 Å². The van der Waals surface area contributed by atoms with Gasteiger partial charge in [0.15, 0.2) is 0 Å². The van der Waals surface area contributed by atoms with Gasteiger partial charge in [0, 0.05) is 5.56 Å². The Morgan fingerprint density at radius 3 is 2.80 bits per heavy atom. The maximum atomic E-state index is 7.36. The number of nitrogens with two attached hydrogens (primary N) is 1. The molecule has 0 heterocycles. The van der Waals surface area contributed by atoms with Crippen LogP contribution in [0.5, 0.6) is 5.75 Å². The average molecular weight is 204 g/mol. The number of rotatable bonds is 4. The molecule has 1 aliphatic carbocycles. The van der Waals surface area contributed by atoms with Gasteiger partial charge in [-0.3, -0.25) is 5.41 Å². The first-order valence-corrected chi connectivity index (χ1v) is 5.24. The van der Waals surface area contributed by atoms with Crippen molar-refractivity contribution in [1.29, 1.82) is 5.41 Å². The number of amidine groups is 1. The fourth-order valence-corrected chi connectivity index (χ4v) is 1.53. The molecule has 3 N–H and O–H groups in total. The zero-order valence-electron chi connectivity index (χ0n) is 8.92. The summed E-state index contributed by atoms with van der Waals surface area (Å²) in [7, 11) is 0. The molecule has 1 fully saturated rings. The molecule has 0 saturated heterocycles. The Balaban J connectivity index is 2.06. The minimum absolute atomic E-state index is 0.112. The summed E-state index contributed by atoms with van der Waals surface area (Å²) in [6, 6.07) is 5.67. The van der Waals surface area contributed by atoms with Gasteiger partial charge in [-0.1, -0.05) is 0 Å². The first-order valence-electron chi connectivity index (χ1n) is 5.24. The molecular formula is C12H16N2O. The quantitative estimate of drug-likeness (QED) is 0.582. The van der Waals surface area contributed by atoms with E-state index in [4.69, 9.17) is 15.9 Å². The monoisotopic (exact) mass is 204 g/mol. The van der Waals surface area contributed by atoms with Crippen LogP contribution in [0.1, 0.15) is 24.0 Å². The van der Waals surface area contributed by atoms with E-state index in [0.717, 1.165) is 29.4 Å². The maximum Gasteiger partial charge on any atom is 0.123 e. The lowest BCUT2D eigenvalue weighted by molar-refractivity contribution is 0.299. The molecule has 1 aliphatic rings. The topological polar surface area (TPSA) is 59.1 Å². The highest BCUT2D eigenvalue weighted by Gasteiger charge is 2.21. The summed E-state index contributed by atoms with van der Waals surface area (Å²) in [5.74, 6) is 1.75. The van der Waals surface area contributed by atoms with Gasteiger partial charge < -0.3 is 10.5 Å². The molecule has 3 heteroatoms. The van der Waals surface area contributed by atoms with Gasteiger partial charge in [0.2, 0.25) is 0 Å². The van der Waals surface area contributed by atoms with Gasteiger partial charge in [-0.25, -0.2) is 0 Å². The molecular weight excluding hydrogens is 188 g/mol. The zero-order chi connectivity index (χ0) is 10.8. The summed E-state index contributed by atoms with van der Waals surface area (Å²) in [4.78, 5) is 0. The smallest absolute Gasteiger partial charge is 0.123 e. The molecule has 0 unspecified atom stereocenters. The molecule has 1 aromatic rings. The lowest BCUT2D eigenvalue weighted by Gasteiger charge is -2.08. The second-order valence-electron chi connectivity index (χ2n) is 4.14. The highest BCUT2D eigenvalue weighted by Crippen LogP contribution is 2.29. The minimum atomic E-state index is 0.112. The normalized spacial score (nSPS) is 15.0. The fraction of sp³-hybridized carbons (Fsp3) is 0.417. The van der Waals surface area contributed by atoms with Gasteiger partial charge in [0.25, 0.3) is 0 Å². The second-order valence-corrected chi connectivity index (χ2v) is 4.14. The van der Waals surface area contributed by atoms with E-state index >= 15 is 0 Å². The van der Waals surface area contributed by atoms with Crippen molar-refractivity contribution in [2.75, 3.05) is 6.61 Å². The van der Waals surface area contributed by atoms with E-state index < -0.39 is 0 Å². The van der Waals surface area contributed by atoms with Gasteiger partial charge in [0.1, 0.15) is 11.6 Å². The Bertz CT molecular complexity index is 383. The molecule has 15 heavy (non-hydrogen) atoms. The van der Waals surface area contributed by atoms with Crippen LogP contribution in [0.25, 0.3) is 0 Å². The number of hydrogen-bond donors (Lipinski definition) is 2. The lowest BCUT2D eigenvalue weighted by atomic mass is 10.1. The SMILES string of the molecule is Cc1cc(OCC2CC2)ccc1C(=N)N. The van der Waals surface area contributed by atoms with Crippen molar-refractivity contribution < 1.29 is 4.74 Å². The van der Waals surface area contributed by atoms with Crippen molar-refractivity contribution in [3.8, 4) is 5.75 Å². The minimum Gasteiger partial charge on any atom is -0.493 e. The Labute approximate surface area is 89.8 Å². The van der Waals surface area contributed by atoms with Crippen LogP contribution >= 0.6 is 0 Å². The summed E-state index contributed by atoms with van der Waals surface area (Å²) in [6.45, 7) is 2.76. The fourth-order valence-electron chi connectivity index (χ4n) is 1.53. The van der Waals surface area contributed by atoms with E-state index in [-0.39, 0.29) is 5.84 Å². The van der Waals surface area contributed by atoms with Gasteiger partial charge in [-0.2, -0.15) is 0 Å². The van der Waals surface area contributed by atoms with Crippen molar-refractivity contribution in [3.05, 3.63) is 29.3 Å². The molecule has 1 aromatic carbocycles. The number of benzene rings is 1. The van der Waals surface area contributed by atoms with Crippen LogP contribution in [0, 0.1) is 18.3 Å². The third kappa shape index (κ3) is 2.49. The number of nitrogen functional groups attached to an aromatic ring is 1. The van der Waals surface area contributed by atoms with Gasteiger partial charge in [-0.05, 0) is 49.4 Å². The van der Waals surface area contributed by atoms with Crippen LogP contribution in [0.3, 0.4) is 0 Å². The highest BCUT2D eigenvalue weighted by molar-refractivity contribution is 5.96. The Morgan fingerprint density at radius 1 is 1.53 bits per heavy atom. The highest BCUT2D eigenvalue weighted by atomic mass is 16.5. The van der Waals surface area contributed by atoms with Crippen LogP contribution in [0.4, 0.5) is 0 Å². The van der Waals surface area contributed by atoms with Crippen LogP contribution < -0.4 is 10.5 Å². The predicted molar refractivity (Wildman–Crippen MR) is 60.4 cm³/mol. The molecule has 0 aliphatic heterocycles. The standard InChI is InChI=1S/C12H16N2O/c1-8-6-10(15-7-9-2-3-9)4-5-11(8)12(13)14/h4-6,9H,2-3,7H2,1H3,(H3,13,14). The molecule has 3 nitrogen and oxygen atoms in total. The Kier molecular flexibility index (Phi) is 2.62. The average Bonchev–Trinajstić information content (AvgIpc) is 2.97. The van der Waals surface area contributed by atoms with Crippen molar-refractivity contribution in [2.45, 2.75) is 19.8 Å². The number of ether oxygens (including phenoxy) is 1. The molecule has 80 valence electrons. The van der Waals surface area contributed by atoms with Crippen molar-refractivity contribution >= 4 is 5.84 Å². The van der Waals surface area contributed by atoms with E-state index in [2.05, 4.69) is 0 Å².